The van der Waals surface area contributed by atoms with Gasteiger partial charge in [-0.15, -0.1) is 0 Å². The van der Waals surface area contributed by atoms with Crippen LogP contribution in [0.2, 0.25) is 0 Å². The summed E-state index contributed by atoms with van der Waals surface area (Å²) >= 11 is 0. The Morgan fingerprint density at radius 3 is 3.04 bits per heavy atom. The van der Waals surface area contributed by atoms with Crippen molar-refractivity contribution in [3.63, 3.8) is 0 Å². The summed E-state index contributed by atoms with van der Waals surface area (Å²) in [6.45, 7) is 1.54. The van der Waals surface area contributed by atoms with Gasteiger partial charge in [0.15, 0.2) is 0 Å². The quantitative estimate of drug-likeness (QED) is 0.749. The highest BCUT2D eigenvalue weighted by atomic mass is 32.2. The maximum absolute atomic E-state index is 13.5. The van der Waals surface area contributed by atoms with E-state index in [1.807, 2.05) is 12.1 Å². The Labute approximate surface area is 158 Å². The van der Waals surface area contributed by atoms with E-state index >= 15 is 0 Å². The lowest BCUT2D eigenvalue weighted by molar-refractivity contribution is 0.348. The Bertz CT molecular complexity index is 1110. The number of aromatic nitrogens is 2. The molecule has 1 saturated heterocycles. The third kappa shape index (κ3) is 2.73. The van der Waals surface area contributed by atoms with Crippen LogP contribution in [0.3, 0.4) is 0 Å². The molecule has 0 amide bonds. The van der Waals surface area contributed by atoms with Crippen molar-refractivity contribution in [1.29, 1.82) is 0 Å². The molecule has 4 heterocycles. The highest BCUT2D eigenvalue weighted by Gasteiger charge is 2.29. The first-order valence-electron chi connectivity index (χ1n) is 9.33. The summed E-state index contributed by atoms with van der Waals surface area (Å²) in [5.41, 5.74) is 3.27. The normalized spacial score (nSPS) is 19.3. The van der Waals surface area contributed by atoms with Gasteiger partial charge in [0, 0.05) is 24.9 Å². The lowest BCUT2D eigenvalue weighted by Gasteiger charge is -2.11. The number of fused-ring (bicyclic) bond motifs is 2. The molecule has 2 aromatic heterocycles. The first kappa shape index (κ1) is 16.8. The molecule has 3 aromatic rings. The van der Waals surface area contributed by atoms with Gasteiger partial charge in [-0.25, -0.2) is 12.4 Å². The van der Waals surface area contributed by atoms with Crippen molar-refractivity contribution >= 4 is 21.1 Å². The molecular weight excluding hydrogens is 362 g/mol. The van der Waals surface area contributed by atoms with Crippen LogP contribution in [0.5, 0.6) is 5.75 Å². The topological polar surface area (TPSA) is 73.2 Å². The van der Waals surface area contributed by atoms with Gasteiger partial charge in [-0.3, -0.25) is 4.98 Å². The largest absolute Gasteiger partial charge is 0.492 e. The van der Waals surface area contributed by atoms with Gasteiger partial charge in [0.2, 0.25) is 0 Å². The van der Waals surface area contributed by atoms with Gasteiger partial charge < -0.3 is 10.1 Å². The molecule has 1 fully saturated rings. The lowest BCUT2D eigenvalue weighted by Crippen LogP contribution is -2.23. The number of rotatable bonds is 4. The zero-order chi connectivity index (χ0) is 18.4. The van der Waals surface area contributed by atoms with Gasteiger partial charge in [-0.2, -0.15) is 0 Å². The van der Waals surface area contributed by atoms with Crippen LogP contribution >= 0.6 is 0 Å². The molecule has 0 saturated carbocycles. The number of hydrogen-bond donors (Lipinski definition) is 1. The number of ether oxygens (including phenoxy) is 1. The molecule has 1 N–H and O–H groups in total. The predicted octanol–water partition coefficient (Wildman–Crippen LogP) is 2.50. The van der Waals surface area contributed by atoms with Crippen LogP contribution in [0.15, 0.2) is 47.6 Å². The van der Waals surface area contributed by atoms with Crippen LogP contribution in [-0.4, -0.2) is 36.6 Å². The summed E-state index contributed by atoms with van der Waals surface area (Å²) in [7, 11) is -3.77. The fourth-order valence-electron chi connectivity index (χ4n) is 4.13. The molecule has 1 aromatic carbocycles. The van der Waals surface area contributed by atoms with Crippen molar-refractivity contribution < 1.29 is 13.2 Å². The van der Waals surface area contributed by atoms with E-state index < -0.39 is 10.0 Å². The fourth-order valence-corrected chi connectivity index (χ4v) is 5.69. The standard InChI is InChI=1S/C20H21N3O3S/c24-27(25,18-7-1-4-14-8-11-26-20(14)18)23-13-15(12-16-5-2-9-21-16)19-17(23)6-3-10-22-19/h1,3-4,6-7,10,13,16,21H,2,5,8-9,11-12H2. The molecule has 2 aliphatic heterocycles. The molecule has 27 heavy (non-hydrogen) atoms. The monoisotopic (exact) mass is 383 g/mol. The van der Waals surface area contributed by atoms with Crippen molar-refractivity contribution in [1.82, 2.24) is 14.3 Å². The average Bonchev–Trinajstić information content (AvgIpc) is 3.42. The minimum atomic E-state index is -3.77. The van der Waals surface area contributed by atoms with Crippen molar-refractivity contribution in [3.8, 4) is 5.75 Å². The fraction of sp³-hybridized carbons (Fsp3) is 0.350. The molecule has 7 heteroatoms. The second-order valence-corrected chi connectivity index (χ2v) is 8.95. The van der Waals surface area contributed by atoms with Crippen molar-refractivity contribution in [2.24, 2.45) is 0 Å². The van der Waals surface area contributed by atoms with E-state index in [2.05, 4.69) is 10.3 Å². The Kier molecular flexibility index (Phi) is 3.94. The first-order valence-corrected chi connectivity index (χ1v) is 10.8. The zero-order valence-electron chi connectivity index (χ0n) is 14.9. The van der Waals surface area contributed by atoms with Gasteiger partial charge >= 0.3 is 0 Å². The molecule has 0 bridgehead atoms. The number of pyridine rings is 1. The zero-order valence-corrected chi connectivity index (χ0v) is 15.7. The van der Waals surface area contributed by atoms with Crippen LogP contribution in [0.1, 0.15) is 24.0 Å². The number of para-hydroxylation sites is 1. The molecule has 1 atom stereocenters. The van der Waals surface area contributed by atoms with E-state index in [0.717, 1.165) is 48.9 Å². The second-order valence-electron chi connectivity index (χ2n) is 7.17. The Balaban J connectivity index is 1.65. The number of nitrogens with zero attached hydrogens (tertiary/aromatic N) is 2. The summed E-state index contributed by atoms with van der Waals surface area (Å²) in [4.78, 5) is 4.70. The smallest absolute Gasteiger partial charge is 0.271 e. The van der Waals surface area contributed by atoms with Crippen LogP contribution < -0.4 is 10.1 Å². The molecule has 2 aliphatic rings. The minimum absolute atomic E-state index is 0.226. The summed E-state index contributed by atoms with van der Waals surface area (Å²) in [6.07, 6.45) is 7.23. The molecule has 140 valence electrons. The van der Waals surface area contributed by atoms with Crippen molar-refractivity contribution in [2.45, 2.75) is 36.6 Å². The molecule has 0 spiro atoms. The van der Waals surface area contributed by atoms with Crippen LogP contribution in [0, 0.1) is 0 Å². The third-order valence-corrected chi connectivity index (χ3v) is 7.14. The van der Waals surface area contributed by atoms with Crippen LogP contribution in [-0.2, 0) is 22.9 Å². The van der Waals surface area contributed by atoms with Gasteiger partial charge in [-0.1, -0.05) is 12.1 Å². The highest BCUT2D eigenvalue weighted by Crippen LogP contribution is 2.35. The van der Waals surface area contributed by atoms with E-state index in [4.69, 9.17) is 4.74 Å². The summed E-state index contributed by atoms with van der Waals surface area (Å²) in [6, 6.07) is 9.30. The minimum Gasteiger partial charge on any atom is -0.492 e. The Morgan fingerprint density at radius 2 is 2.19 bits per heavy atom. The van der Waals surface area contributed by atoms with E-state index in [-0.39, 0.29) is 4.90 Å². The van der Waals surface area contributed by atoms with Gasteiger partial charge in [-0.05, 0) is 55.1 Å². The number of benzene rings is 1. The van der Waals surface area contributed by atoms with Crippen LogP contribution in [0.4, 0.5) is 0 Å². The molecule has 6 nitrogen and oxygen atoms in total. The van der Waals surface area contributed by atoms with E-state index in [1.54, 1.807) is 30.6 Å². The van der Waals surface area contributed by atoms with Crippen LogP contribution in [0.25, 0.3) is 11.0 Å². The third-order valence-electron chi connectivity index (χ3n) is 5.44. The van der Waals surface area contributed by atoms with Crippen molar-refractivity contribution in [3.05, 3.63) is 53.9 Å². The van der Waals surface area contributed by atoms with Gasteiger partial charge in [0.05, 0.1) is 17.6 Å². The second kappa shape index (κ2) is 6.35. The van der Waals surface area contributed by atoms with E-state index in [0.29, 0.717) is 23.9 Å². The first-order chi connectivity index (χ1) is 13.1. The number of hydrogen-bond acceptors (Lipinski definition) is 5. The van der Waals surface area contributed by atoms with E-state index in [1.165, 1.54) is 3.97 Å². The molecule has 5 rings (SSSR count). The van der Waals surface area contributed by atoms with Gasteiger partial charge in [0.25, 0.3) is 10.0 Å². The summed E-state index contributed by atoms with van der Waals surface area (Å²) in [5.74, 6) is 0.488. The maximum Gasteiger partial charge on any atom is 0.271 e. The lowest BCUT2D eigenvalue weighted by atomic mass is 10.1. The Hall–Kier alpha value is -2.38. The SMILES string of the molecule is O=S(=O)(c1cccc2c1OCC2)n1cc(CC2CCCN2)c2ncccc21. The van der Waals surface area contributed by atoms with E-state index in [9.17, 15) is 8.42 Å². The van der Waals surface area contributed by atoms with Crippen molar-refractivity contribution in [2.75, 3.05) is 13.2 Å². The predicted molar refractivity (Wildman–Crippen MR) is 103 cm³/mol. The molecule has 1 unspecified atom stereocenters. The molecule has 0 aliphatic carbocycles. The maximum atomic E-state index is 13.5. The van der Waals surface area contributed by atoms with Gasteiger partial charge in [0.1, 0.15) is 10.6 Å². The Morgan fingerprint density at radius 1 is 1.26 bits per heavy atom. The molecular formula is C20H21N3O3S. The highest BCUT2D eigenvalue weighted by molar-refractivity contribution is 7.90. The molecule has 0 radical (unpaired) electrons. The average molecular weight is 383 g/mol. The summed E-state index contributed by atoms with van der Waals surface area (Å²) < 4.78 is 34.0. The number of nitrogens with one attached hydrogen (secondary N) is 1. The summed E-state index contributed by atoms with van der Waals surface area (Å²) in [5, 5.41) is 3.48.